The van der Waals surface area contributed by atoms with Gasteiger partial charge in [-0.15, -0.1) is 0 Å². The summed E-state index contributed by atoms with van der Waals surface area (Å²) in [6.07, 6.45) is 0. The number of anilines is 1. The van der Waals surface area contributed by atoms with Crippen LogP contribution >= 0.6 is 11.6 Å². The molecular formula is C15H16ClNO3S. The molecule has 0 spiro atoms. The molecule has 0 heterocycles. The summed E-state index contributed by atoms with van der Waals surface area (Å²) in [6.45, 7) is 1.62. The average Bonchev–Trinajstić information content (AvgIpc) is 2.47. The van der Waals surface area contributed by atoms with E-state index in [-0.39, 0.29) is 16.5 Å². The molecule has 2 aromatic carbocycles. The first kappa shape index (κ1) is 15.8. The molecule has 0 bridgehead atoms. The SMILES string of the molecule is Cc1ccccc1N(C)S(=O)(=O)c1ccc(CO)c(Cl)c1. The summed E-state index contributed by atoms with van der Waals surface area (Å²) in [5.41, 5.74) is 1.97. The smallest absolute Gasteiger partial charge is 0.264 e. The normalized spacial score (nSPS) is 11.4. The Bertz CT molecular complexity index is 759. The molecule has 0 amide bonds. The van der Waals surface area contributed by atoms with Crippen molar-refractivity contribution in [3.63, 3.8) is 0 Å². The van der Waals surface area contributed by atoms with Crippen molar-refractivity contribution in [2.45, 2.75) is 18.4 Å². The second-order valence-corrected chi connectivity index (χ2v) is 7.05. The number of hydrogen-bond donors (Lipinski definition) is 1. The van der Waals surface area contributed by atoms with E-state index in [1.807, 2.05) is 19.1 Å². The van der Waals surface area contributed by atoms with Crippen LogP contribution in [-0.4, -0.2) is 20.6 Å². The van der Waals surface area contributed by atoms with Crippen molar-refractivity contribution in [3.05, 3.63) is 58.6 Å². The van der Waals surface area contributed by atoms with Crippen molar-refractivity contribution in [2.75, 3.05) is 11.4 Å². The maximum atomic E-state index is 12.6. The van der Waals surface area contributed by atoms with Gasteiger partial charge in [-0.1, -0.05) is 35.9 Å². The minimum atomic E-state index is -3.69. The summed E-state index contributed by atoms with van der Waals surface area (Å²) in [7, 11) is -2.19. The van der Waals surface area contributed by atoms with Gasteiger partial charge in [0.05, 0.1) is 17.2 Å². The summed E-state index contributed by atoms with van der Waals surface area (Å²) >= 11 is 5.97. The number of sulfonamides is 1. The maximum Gasteiger partial charge on any atom is 0.264 e. The molecule has 0 aromatic heterocycles. The van der Waals surface area contributed by atoms with Crippen LogP contribution in [0.15, 0.2) is 47.4 Å². The highest BCUT2D eigenvalue weighted by atomic mass is 35.5. The molecule has 0 atom stereocenters. The van der Waals surface area contributed by atoms with E-state index in [0.717, 1.165) is 5.56 Å². The molecule has 112 valence electrons. The van der Waals surface area contributed by atoms with Gasteiger partial charge in [-0.3, -0.25) is 4.31 Å². The van der Waals surface area contributed by atoms with Crippen LogP contribution in [0.4, 0.5) is 5.69 Å². The fraction of sp³-hybridized carbons (Fsp3) is 0.200. The van der Waals surface area contributed by atoms with E-state index in [1.54, 1.807) is 12.1 Å². The standard InChI is InChI=1S/C15H16ClNO3S/c1-11-5-3-4-6-15(11)17(2)21(19,20)13-8-7-12(10-18)14(16)9-13/h3-9,18H,10H2,1-2H3. The molecule has 0 fully saturated rings. The third-order valence-corrected chi connectivity index (χ3v) is 5.43. The number of aliphatic hydroxyl groups excluding tert-OH is 1. The van der Waals surface area contributed by atoms with Crippen molar-refractivity contribution >= 4 is 27.3 Å². The largest absolute Gasteiger partial charge is 0.392 e. The van der Waals surface area contributed by atoms with Gasteiger partial charge in [0.25, 0.3) is 10.0 Å². The summed E-state index contributed by atoms with van der Waals surface area (Å²) in [5, 5.41) is 9.32. The lowest BCUT2D eigenvalue weighted by Crippen LogP contribution is -2.27. The van der Waals surface area contributed by atoms with Crippen molar-refractivity contribution < 1.29 is 13.5 Å². The molecule has 6 heteroatoms. The Balaban J connectivity index is 2.47. The van der Waals surface area contributed by atoms with Crippen LogP contribution in [-0.2, 0) is 16.6 Å². The first-order chi connectivity index (χ1) is 9.87. The number of rotatable bonds is 4. The van der Waals surface area contributed by atoms with E-state index in [1.165, 1.54) is 29.6 Å². The van der Waals surface area contributed by atoms with Gasteiger partial charge in [-0.2, -0.15) is 0 Å². The number of aliphatic hydroxyl groups is 1. The number of hydrogen-bond acceptors (Lipinski definition) is 3. The zero-order valence-electron chi connectivity index (χ0n) is 11.7. The fourth-order valence-electron chi connectivity index (χ4n) is 2.02. The predicted molar refractivity (Wildman–Crippen MR) is 84.1 cm³/mol. The maximum absolute atomic E-state index is 12.6. The zero-order chi connectivity index (χ0) is 15.6. The molecule has 1 N–H and O–H groups in total. The molecule has 2 aromatic rings. The molecule has 0 unspecified atom stereocenters. The summed E-state index contributed by atoms with van der Waals surface area (Å²) in [5.74, 6) is 0. The molecule has 0 aliphatic heterocycles. The lowest BCUT2D eigenvalue weighted by molar-refractivity contribution is 0.282. The highest BCUT2D eigenvalue weighted by Gasteiger charge is 2.23. The van der Waals surface area contributed by atoms with Crippen molar-refractivity contribution in [2.24, 2.45) is 0 Å². The highest BCUT2D eigenvalue weighted by Crippen LogP contribution is 2.27. The lowest BCUT2D eigenvalue weighted by atomic mass is 10.2. The fourth-order valence-corrected chi connectivity index (χ4v) is 3.61. The second-order valence-electron chi connectivity index (χ2n) is 4.67. The molecule has 0 saturated carbocycles. The molecule has 4 nitrogen and oxygen atoms in total. The monoisotopic (exact) mass is 325 g/mol. The number of benzene rings is 2. The Kier molecular flexibility index (Phi) is 4.56. The molecule has 0 aliphatic rings. The predicted octanol–water partition coefficient (Wildman–Crippen LogP) is 2.97. The van der Waals surface area contributed by atoms with E-state index in [4.69, 9.17) is 16.7 Å². The van der Waals surface area contributed by atoms with E-state index < -0.39 is 10.0 Å². The average molecular weight is 326 g/mol. The molecular weight excluding hydrogens is 310 g/mol. The Morgan fingerprint density at radius 1 is 1.19 bits per heavy atom. The third-order valence-electron chi connectivity index (χ3n) is 3.31. The van der Waals surface area contributed by atoms with Gasteiger partial charge in [0.2, 0.25) is 0 Å². The summed E-state index contributed by atoms with van der Waals surface area (Å²) < 4.78 is 26.5. The van der Waals surface area contributed by atoms with Crippen molar-refractivity contribution in [1.29, 1.82) is 0 Å². The Morgan fingerprint density at radius 2 is 1.86 bits per heavy atom. The van der Waals surface area contributed by atoms with Crippen LogP contribution in [0.1, 0.15) is 11.1 Å². The third kappa shape index (κ3) is 3.05. The highest BCUT2D eigenvalue weighted by molar-refractivity contribution is 7.92. The first-order valence-electron chi connectivity index (χ1n) is 6.31. The summed E-state index contributed by atoms with van der Waals surface area (Å²) in [4.78, 5) is 0.0930. The molecule has 21 heavy (non-hydrogen) atoms. The van der Waals surface area contributed by atoms with E-state index >= 15 is 0 Å². The number of para-hydroxylation sites is 1. The van der Waals surface area contributed by atoms with Gasteiger partial charge in [0, 0.05) is 12.1 Å². The van der Waals surface area contributed by atoms with Crippen molar-refractivity contribution in [1.82, 2.24) is 0 Å². The minimum Gasteiger partial charge on any atom is -0.392 e. The van der Waals surface area contributed by atoms with Gasteiger partial charge in [0.15, 0.2) is 0 Å². The quantitative estimate of drug-likeness (QED) is 0.940. The van der Waals surface area contributed by atoms with E-state index in [0.29, 0.717) is 11.3 Å². The van der Waals surface area contributed by atoms with Gasteiger partial charge in [-0.25, -0.2) is 8.42 Å². The second kappa shape index (κ2) is 6.05. The summed E-state index contributed by atoms with van der Waals surface area (Å²) in [6, 6.07) is 11.6. The Labute approximate surface area is 129 Å². The van der Waals surface area contributed by atoms with Crippen LogP contribution in [0.5, 0.6) is 0 Å². The number of nitrogens with zero attached hydrogens (tertiary/aromatic N) is 1. The molecule has 0 aliphatic carbocycles. The van der Waals surface area contributed by atoms with Gasteiger partial charge in [0.1, 0.15) is 0 Å². The van der Waals surface area contributed by atoms with E-state index in [9.17, 15) is 8.42 Å². The molecule has 0 radical (unpaired) electrons. The molecule has 2 rings (SSSR count). The zero-order valence-corrected chi connectivity index (χ0v) is 13.3. The van der Waals surface area contributed by atoms with Crippen LogP contribution in [0, 0.1) is 6.92 Å². The van der Waals surface area contributed by atoms with Gasteiger partial charge in [-0.05, 0) is 36.2 Å². The van der Waals surface area contributed by atoms with Crippen molar-refractivity contribution in [3.8, 4) is 0 Å². The molecule has 0 saturated heterocycles. The lowest BCUT2D eigenvalue weighted by Gasteiger charge is -2.21. The Hall–Kier alpha value is -1.56. The first-order valence-corrected chi connectivity index (χ1v) is 8.13. The minimum absolute atomic E-state index is 0.0930. The Morgan fingerprint density at radius 3 is 2.43 bits per heavy atom. The van der Waals surface area contributed by atoms with Gasteiger partial charge >= 0.3 is 0 Å². The number of aryl methyl sites for hydroxylation is 1. The van der Waals surface area contributed by atoms with Gasteiger partial charge < -0.3 is 5.11 Å². The number of halogens is 1. The van der Waals surface area contributed by atoms with Crippen LogP contribution in [0.3, 0.4) is 0 Å². The van der Waals surface area contributed by atoms with Crippen LogP contribution in [0.25, 0.3) is 0 Å². The topological polar surface area (TPSA) is 57.6 Å². The van der Waals surface area contributed by atoms with Crippen LogP contribution < -0.4 is 4.31 Å². The van der Waals surface area contributed by atoms with Crippen LogP contribution in [0.2, 0.25) is 5.02 Å². The van der Waals surface area contributed by atoms with E-state index in [2.05, 4.69) is 0 Å².